The van der Waals surface area contributed by atoms with Gasteiger partial charge in [-0.05, 0) is 43.0 Å². The molecule has 2 aromatic heterocycles. The molecule has 0 radical (unpaired) electrons. The maximum absolute atomic E-state index is 12.9. The van der Waals surface area contributed by atoms with Gasteiger partial charge in [0.25, 0.3) is 10.0 Å². The molecule has 144 valence electrons. The van der Waals surface area contributed by atoms with Crippen LogP contribution in [0.2, 0.25) is 5.02 Å². The number of hydrogen-bond acceptors (Lipinski definition) is 7. The molecule has 6 nitrogen and oxygen atoms in total. The first kappa shape index (κ1) is 19.1. The first-order chi connectivity index (χ1) is 12.8. The van der Waals surface area contributed by atoms with Gasteiger partial charge in [-0.3, -0.25) is 4.72 Å². The fourth-order valence-corrected chi connectivity index (χ4v) is 7.01. The van der Waals surface area contributed by atoms with Crippen molar-refractivity contribution in [3.8, 4) is 0 Å². The predicted octanol–water partition coefficient (Wildman–Crippen LogP) is 4.38. The molecular weight excluding hydrogens is 428 g/mol. The lowest BCUT2D eigenvalue weighted by molar-refractivity contribution is -0.134. The Morgan fingerprint density at radius 2 is 2.04 bits per heavy atom. The minimum atomic E-state index is -3.75. The summed E-state index contributed by atoms with van der Waals surface area (Å²) >= 11 is 8.51. The molecule has 27 heavy (non-hydrogen) atoms. The van der Waals surface area contributed by atoms with Gasteiger partial charge >= 0.3 is 0 Å². The molecule has 10 heteroatoms. The Kier molecular flexibility index (Phi) is 4.94. The third kappa shape index (κ3) is 3.59. The molecule has 0 unspecified atom stereocenters. The number of sulfonamides is 1. The van der Waals surface area contributed by atoms with Gasteiger partial charge in [0.05, 0.1) is 24.3 Å². The lowest BCUT2D eigenvalue weighted by Crippen LogP contribution is -2.39. The topological polar surface area (TPSA) is 77.5 Å². The lowest BCUT2D eigenvalue weighted by atomic mass is 9.89. The summed E-state index contributed by atoms with van der Waals surface area (Å²) < 4.78 is 40.3. The van der Waals surface area contributed by atoms with Gasteiger partial charge in [0.15, 0.2) is 5.13 Å². The van der Waals surface area contributed by atoms with Crippen LogP contribution < -0.4 is 4.72 Å². The number of halogens is 1. The Bertz CT molecular complexity index is 1100. The van der Waals surface area contributed by atoms with Crippen LogP contribution in [0.25, 0.3) is 10.1 Å². The van der Waals surface area contributed by atoms with Crippen LogP contribution >= 0.6 is 34.3 Å². The summed E-state index contributed by atoms with van der Waals surface area (Å²) in [4.78, 5) is 4.47. The first-order valence-corrected chi connectivity index (χ1v) is 11.7. The monoisotopic (exact) mass is 444 g/mol. The average Bonchev–Trinajstić information content (AvgIpc) is 3.21. The minimum absolute atomic E-state index is 0.270. The number of hydrogen-bond donors (Lipinski definition) is 1. The van der Waals surface area contributed by atoms with Crippen molar-refractivity contribution in [2.75, 3.05) is 24.7 Å². The summed E-state index contributed by atoms with van der Waals surface area (Å²) in [5, 5.41) is 3.59. The molecule has 3 aromatic rings. The zero-order chi connectivity index (χ0) is 19.2. The fraction of sp³-hybridized carbons (Fsp3) is 0.353. The van der Waals surface area contributed by atoms with Crippen molar-refractivity contribution < 1.29 is 17.9 Å². The number of thiazole rings is 1. The molecule has 0 saturated carbocycles. The van der Waals surface area contributed by atoms with Gasteiger partial charge in [-0.1, -0.05) is 11.6 Å². The molecule has 0 spiro atoms. The Labute approximate surface area is 170 Å². The third-order valence-electron chi connectivity index (χ3n) is 4.45. The smallest absolute Gasteiger partial charge is 0.273 e. The molecule has 4 rings (SSSR count). The number of rotatable bonds is 4. The molecule has 1 aliphatic heterocycles. The van der Waals surface area contributed by atoms with E-state index in [1.807, 2.05) is 18.4 Å². The predicted molar refractivity (Wildman–Crippen MR) is 109 cm³/mol. The second kappa shape index (κ2) is 6.98. The Hall–Kier alpha value is -1.23. The van der Waals surface area contributed by atoms with Gasteiger partial charge in [0.2, 0.25) is 0 Å². The zero-order valence-corrected chi connectivity index (χ0v) is 17.8. The van der Waals surface area contributed by atoms with Crippen molar-refractivity contribution in [1.29, 1.82) is 0 Å². The number of nitrogens with zero attached hydrogens (tertiary/aromatic N) is 1. The van der Waals surface area contributed by atoms with E-state index in [0.717, 1.165) is 15.8 Å². The van der Waals surface area contributed by atoms with Crippen molar-refractivity contribution in [3.05, 3.63) is 39.9 Å². The van der Waals surface area contributed by atoms with E-state index < -0.39 is 10.0 Å². The molecule has 1 aliphatic rings. The van der Waals surface area contributed by atoms with E-state index in [2.05, 4.69) is 9.71 Å². The zero-order valence-electron chi connectivity index (χ0n) is 14.6. The summed E-state index contributed by atoms with van der Waals surface area (Å²) in [6, 6.07) is 5.37. The SMILES string of the molecule is Cc1c(S(=O)(=O)Nc2nc(C3(C)COCOC3)cs2)sc2ccc(Cl)cc12. The molecule has 1 aromatic carbocycles. The van der Waals surface area contributed by atoms with Crippen molar-refractivity contribution in [2.45, 2.75) is 23.5 Å². The van der Waals surface area contributed by atoms with E-state index >= 15 is 0 Å². The van der Waals surface area contributed by atoms with Crippen LogP contribution in [-0.4, -0.2) is 33.4 Å². The minimum Gasteiger partial charge on any atom is -0.354 e. The van der Waals surface area contributed by atoms with Crippen LogP contribution in [0.4, 0.5) is 5.13 Å². The number of aryl methyl sites for hydroxylation is 1. The highest BCUT2D eigenvalue weighted by Crippen LogP contribution is 2.37. The molecule has 0 bridgehead atoms. The summed E-state index contributed by atoms with van der Waals surface area (Å²) in [5.41, 5.74) is 1.05. The van der Waals surface area contributed by atoms with Crippen molar-refractivity contribution in [3.63, 3.8) is 0 Å². The van der Waals surface area contributed by atoms with E-state index in [0.29, 0.717) is 28.9 Å². The van der Waals surface area contributed by atoms with E-state index in [4.69, 9.17) is 21.1 Å². The van der Waals surface area contributed by atoms with Crippen LogP contribution in [0.5, 0.6) is 0 Å². The van der Waals surface area contributed by atoms with Gasteiger partial charge in [-0.25, -0.2) is 13.4 Å². The molecule has 1 saturated heterocycles. The van der Waals surface area contributed by atoms with Crippen LogP contribution in [-0.2, 0) is 24.9 Å². The normalized spacial score (nSPS) is 17.3. The van der Waals surface area contributed by atoms with Gasteiger partial charge in [0, 0.05) is 15.1 Å². The van der Waals surface area contributed by atoms with E-state index in [1.54, 1.807) is 19.1 Å². The summed E-state index contributed by atoms with van der Waals surface area (Å²) in [6.45, 7) is 5.01. The number of anilines is 1. The number of aromatic nitrogens is 1. The molecule has 0 aliphatic carbocycles. The Morgan fingerprint density at radius 3 is 2.78 bits per heavy atom. The van der Waals surface area contributed by atoms with E-state index in [-0.39, 0.29) is 16.4 Å². The second-order valence-electron chi connectivity index (χ2n) is 6.67. The van der Waals surface area contributed by atoms with Crippen molar-refractivity contribution in [1.82, 2.24) is 4.98 Å². The quantitative estimate of drug-likeness (QED) is 0.646. The number of fused-ring (bicyclic) bond motifs is 1. The summed E-state index contributed by atoms with van der Waals surface area (Å²) in [6.07, 6.45) is 0. The highest BCUT2D eigenvalue weighted by atomic mass is 35.5. The highest BCUT2D eigenvalue weighted by molar-refractivity contribution is 7.95. The number of thiophene rings is 1. The third-order valence-corrected chi connectivity index (χ3v) is 8.80. The molecule has 0 atom stereocenters. The van der Waals surface area contributed by atoms with Gasteiger partial charge in [-0.2, -0.15) is 0 Å². The first-order valence-electron chi connectivity index (χ1n) is 8.11. The van der Waals surface area contributed by atoms with Crippen molar-refractivity contribution >= 4 is 59.5 Å². The number of benzene rings is 1. The molecule has 1 fully saturated rings. The van der Waals surface area contributed by atoms with Crippen LogP contribution in [0.1, 0.15) is 18.2 Å². The second-order valence-corrected chi connectivity index (χ2v) is 10.9. The van der Waals surface area contributed by atoms with Crippen molar-refractivity contribution in [2.24, 2.45) is 0 Å². The van der Waals surface area contributed by atoms with Crippen LogP contribution in [0, 0.1) is 6.92 Å². The fourth-order valence-electron chi connectivity index (χ4n) is 2.97. The average molecular weight is 445 g/mol. The van der Waals surface area contributed by atoms with Crippen LogP contribution in [0.3, 0.4) is 0 Å². The standard InChI is InChI=1S/C17H17ClN2O4S3/c1-10-12-5-11(18)3-4-13(12)26-15(10)27(21,22)20-16-19-14(6-25-16)17(2)7-23-9-24-8-17/h3-6H,7-9H2,1-2H3,(H,19,20). The Morgan fingerprint density at radius 1 is 1.30 bits per heavy atom. The molecule has 3 heterocycles. The van der Waals surface area contributed by atoms with E-state index in [1.165, 1.54) is 22.7 Å². The van der Waals surface area contributed by atoms with Crippen LogP contribution in [0.15, 0.2) is 27.8 Å². The summed E-state index contributed by atoms with van der Waals surface area (Å²) in [5.74, 6) is 0. The molecule has 0 amide bonds. The summed E-state index contributed by atoms with van der Waals surface area (Å²) in [7, 11) is -3.75. The molecular formula is C17H17ClN2O4S3. The Balaban J connectivity index is 1.64. The number of nitrogens with one attached hydrogen (secondary N) is 1. The lowest BCUT2D eigenvalue weighted by Gasteiger charge is -2.31. The maximum atomic E-state index is 12.9. The highest BCUT2D eigenvalue weighted by Gasteiger charge is 2.33. The largest absolute Gasteiger partial charge is 0.354 e. The van der Waals surface area contributed by atoms with Gasteiger partial charge in [-0.15, -0.1) is 22.7 Å². The maximum Gasteiger partial charge on any atom is 0.273 e. The number of ether oxygens (including phenoxy) is 2. The molecule has 1 N–H and O–H groups in total. The van der Waals surface area contributed by atoms with Gasteiger partial charge < -0.3 is 9.47 Å². The van der Waals surface area contributed by atoms with Gasteiger partial charge in [0.1, 0.15) is 11.0 Å². The van der Waals surface area contributed by atoms with E-state index in [9.17, 15) is 8.42 Å².